The molecule has 2 aromatic rings. The maximum Gasteiger partial charge on any atom is 0.315 e. The number of urea groups is 1. The van der Waals surface area contributed by atoms with Crippen LogP contribution in [0.1, 0.15) is 36.3 Å². The predicted octanol–water partition coefficient (Wildman–Crippen LogP) is 3.46. The molecular weight excluding hydrogens is 347 g/mol. The van der Waals surface area contributed by atoms with Gasteiger partial charge in [0, 0.05) is 24.4 Å². The van der Waals surface area contributed by atoms with Crippen LogP contribution in [0.3, 0.4) is 0 Å². The highest BCUT2D eigenvalue weighted by Gasteiger charge is 2.39. The molecule has 3 unspecified atom stereocenters. The lowest BCUT2D eigenvalue weighted by atomic mass is 10.0. The summed E-state index contributed by atoms with van der Waals surface area (Å²) in [7, 11) is 0. The van der Waals surface area contributed by atoms with Crippen LogP contribution < -0.4 is 10.6 Å². The van der Waals surface area contributed by atoms with Gasteiger partial charge >= 0.3 is 12.0 Å². The topological polar surface area (TPSA) is 78.4 Å². The van der Waals surface area contributed by atoms with Gasteiger partial charge in [-0.05, 0) is 42.5 Å². The average Bonchev–Trinajstić information content (AvgIpc) is 3.39. The van der Waals surface area contributed by atoms with E-state index in [1.807, 2.05) is 36.4 Å². The highest BCUT2D eigenvalue weighted by Crippen LogP contribution is 2.40. The third-order valence-corrected chi connectivity index (χ3v) is 4.75. The number of nitrogens with one attached hydrogen (secondary N) is 2. The second-order valence-corrected chi connectivity index (χ2v) is 6.94. The molecule has 6 heteroatoms. The van der Waals surface area contributed by atoms with Gasteiger partial charge < -0.3 is 15.7 Å². The Kier molecular flexibility index (Phi) is 6.06. The number of hydrogen-bond donors (Lipinski definition) is 3. The summed E-state index contributed by atoms with van der Waals surface area (Å²) >= 11 is 0. The Hall–Kier alpha value is -2.89. The third kappa shape index (κ3) is 5.81. The molecule has 0 saturated heterocycles. The first-order chi connectivity index (χ1) is 13.0. The van der Waals surface area contributed by atoms with E-state index in [1.54, 1.807) is 6.07 Å². The number of aliphatic carboxylic acids is 1. The summed E-state index contributed by atoms with van der Waals surface area (Å²) in [5.41, 5.74) is 1.92. The van der Waals surface area contributed by atoms with E-state index in [9.17, 15) is 14.0 Å². The van der Waals surface area contributed by atoms with Crippen molar-refractivity contribution in [1.29, 1.82) is 0 Å². The number of carboxylic acid groups (broad SMARTS) is 1. The minimum Gasteiger partial charge on any atom is -0.481 e. The fourth-order valence-corrected chi connectivity index (χ4v) is 3.28. The van der Waals surface area contributed by atoms with Crippen LogP contribution in [-0.4, -0.2) is 29.2 Å². The van der Waals surface area contributed by atoms with Crippen molar-refractivity contribution in [2.75, 3.05) is 0 Å². The number of carbonyl (C=O) groups excluding carboxylic acids is 1. The summed E-state index contributed by atoms with van der Waals surface area (Å²) in [6.45, 7) is 0. The molecule has 0 aliphatic heterocycles. The molecule has 1 aliphatic rings. The molecule has 3 rings (SSSR count). The lowest BCUT2D eigenvalue weighted by molar-refractivity contribution is -0.137. The van der Waals surface area contributed by atoms with E-state index in [-0.39, 0.29) is 36.3 Å². The van der Waals surface area contributed by atoms with Crippen LogP contribution in [0.2, 0.25) is 0 Å². The SMILES string of the molecule is O=C(O)CCC(Cc1ccccc1)NC(=O)NC1CC1c1cccc(F)c1. The number of hydrogen-bond acceptors (Lipinski definition) is 2. The standard InChI is InChI=1S/C21H23FN2O3/c22-16-8-4-7-15(12-16)18-13-19(18)24-21(27)23-17(9-10-20(25)26)11-14-5-2-1-3-6-14/h1-8,12,17-19H,9-11,13H2,(H,25,26)(H2,23,24,27). The predicted molar refractivity (Wildman–Crippen MR) is 100 cm³/mol. The molecule has 27 heavy (non-hydrogen) atoms. The normalized spacial score (nSPS) is 19.1. The summed E-state index contributed by atoms with van der Waals surface area (Å²) < 4.78 is 13.3. The first-order valence-corrected chi connectivity index (χ1v) is 9.09. The van der Waals surface area contributed by atoms with Crippen LogP contribution >= 0.6 is 0 Å². The van der Waals surface area contributed by atoms with E-state index in [0.29, 0.717) is 12.8 Å². The summed E-state index contributed by atoms with van der Waals surface area (Å²) in [6, 6.07) is 15.5. The number of carbonyl (C=O) groups is 2. The van der Waals surface area contributed by atoms with E-state index >= 15 is 0 Å². The summed E-state index contributed by atoms with van der Waals surface area (Å²) in [5, 5.41) is 14.7. The Morgan fingerprint density at radius 3 is 2.63 bits per heavy atom. The maximum absolute atomic E-state index is 13.3. The number of carboxylic acids is 1. The first-order valence-electron chi connectivity index (χ1n) is 9.09. The van der Waals surface area contributed by atoms with Crippen LogP contribution in [-0.2, 0) is 11.2 Å². The fraction of sp³-hybridized carbons (Fsp3) is 0.333. The molecular formula is C21H23FN2O3. The minimum atomic E-state index is -0.886. The number of halogens is 1. The molecule has 2 amide bonds. The van der Waals surface area contributed by atoms with Gasteiger partial charge in [-0.25, -0.2) is 9.18 Å². The number of benzene rings is 2. The third-order valence-electron chi connectivity index (χ3n) is 4.75. The molecule has 0 spiro atoms. The fourth-order valence-electron chi connectivity index (χ4n) is 3.28. The van der Waals surface area contributed by atoms with Crippen molar-refractivity contribution in [1.82, 2.24) is 10.6 Å². The second kappa shape index (κ2) is 8.66. The average molecular weight is 370 g/mol. The molecule has 142 valence electrons. The molecule has 0 bridgehead atoms. The maximum atomic E-state index is 13.3. The summed E-state index contributed by atoms with van der Waals surface area (Å²) in [6.07, 6.45) is 1.69. The number of amides is 2. The van der Waals surface area contributed by atoms with Crippen LogP contribution in [0, 0.1) is 5.82 Å². The van der Waals surface area contributed by atoms with Crippen LogP contribution in [0.5, 0.6) is 0 Å². The first kappa shape index (κ1) is 18.9. The number of rotatable bonds is 8. The Morgan fingerprint density at radius 1 is 1.15 bits per heavy atom. The van der Waals surface area contributed by atoms with Gasteiger partial charge in [-0.15, -0.1) is 0 Å². The van der Waals surface area contributed by atoms with Crippen molar-refractivity contribution >= 4 is 12.0 Å². The van der Waals surface area contributed by atoms with Crippen molar-refractivity contribution in [3.05, 3.63) is 71.5 Å². The molecule has 0 heterocycles. The molecule has 1 fully saturated rings. The Labute approximate surface area is 157 Å². The molecule has 1 saturated carbocycles. The van der Waals surface area contributed by atoms with Crippen molar-refractivity contribution < 1.29 is 19.1 Å². The van der Waals surface area contributed by atoms with Crippen molar-refractivity contribution in [2.24, 2.45) is 0 Å². The van der Waals surface area contributed by atoms with Crippen molar-refractivity contribution in [3.63, 3.8) is 0 Å². The smallest absolute Gasteiger partial charge is 0.315 e. The van der Waals surface area contributed by atoms with Gasteiger partial charge in [0.15, 0.2) is 0 Å². The lowest BCUT2D eigenvalue weighted by Crippen LogP contribution is -2.44. The van der Waals surface area contributed by atoms with Crippen molar-refractivity contribution in [2.45, 2.75) is 43.7 Å². The van der Waals surface area contributed by atoms with E-state index in [4.69, 9.17) is 5.11 Å². The van der Waals surface area contributed by atoms with Gasteiger partial charge in [-0.1, -0.05) is 42.5 Å². The Balaban J connectivity index is 1.53. The molecule has 0 aromatic heterocycles. The lowest BCUT2D eigenvalue weighted by Gasteiger charge is -2.19. The molecule has 2 aromatic carbocycles. The van der Waals surface area contributed by atoms with Gasteiger partial charge in [0.2, 0.25) is 0 Å². The van der Waals surface area contributed by atoms with Gasteiger partial charge in [-0.3, -0.25) is 4.79 Å². The zero-order valence-corrected chi connectivity index (χ0v) is 14.9. The highest BCUT2D eigenvalue weighted by atomic mass is 19.1. The largest absolute Gasteiger partial charge is 0.481 e. The Morgan fingerprint density at radius 2 is 1.93 bits per heavy atom. The van der Waals surface area contributed by atoms with E-state index in [0.717, 1.165) is 17.5 Å². The molecule has 0 radical (unpaired) electrons. The highest BCUT2D eigenvalue weighted by molar-refractivity contribution is 5.75. The molecule has 3 atom stereocenters. The minimum absolute atomic E-state index is 0.00682. The quantitative estimate of drug-likeness (QED) is 0.666. The second-order valence-electron chi connectivity index (χ2n) is 6.94. The van der Waals surface area contributed by atoms with Crippen LogP contribution in [0.25, 0.3) is 0 Å². The monoisotopic (exact) mass is 370 g/mol. The van der Waals surface area contributed by atoms with E-state index < -0.39 is 5.97 Å². The summed E-state index contributed by atoms with van der Waals surface area (Å²) in [4.78, 5) is 23.2. The summed E-state index contributed by atoms with van der Waals surface area (Å²) in [5.74, 6) is -1.04. The zero-order valence-electron chi connectivity index (χ0n) is 14.9. The zero-order chi connectivity index (χ0) is 19.2. The Bertz CT molecular complexity index is 797. The van der Waals surface area contributed by atoms with Gasteiger partial charge in [0.25, 0.3) is 0 Å². The van der Waals surface area contributed by atoms with Crippen LogP contribution in [0.4, 0.5) is 9.18 Å². The molecule has 1 aliphatic carbocycles. The molecule has 3 N–H and O–H groups in total. The van der Waals surface area contributed by atoms with E-state index in [1.165, 1.54) is 12.1 Å². The van der Waals surface area contributed by atoms with Gasteiger partial charge in [0.1, 0.15) is 5.82 Å². The van der Waals surface area contributed by atoms with Crippen LogP contribution in [0.15, 0.2) is 54.6 Å². The molecule has 5 nitrogen and oxygen atoms in total. The van der Waals surface area contributed by atoms with Gasteiger partial charge in [-0.2, -0.15) is 0 Å². The van der Waals surface area contributed by atoms with E-state index in [2.05, 4.69) is 10.6 Å². The van der Waals surface area contributed by atoms with Gasteiger partial charge in [0.05, 0.1) is 0 Å². The van der Waals surface area contributed by atoms with Crippen molar-refractivity contribution in [3.8, 4) is 0 Å².